The summed E-state index contributed by atoms with van der Waals surface area (Å²) in [6, 6.07) is 6.09. The maximum atomic E-state index is 10.8. The number of nitrogen functional groups attached to an aromatic ring is 1. The molecule has 0 amide bonds. The van der Waals surface area contributed by atoms with Gasteiger partial charge in [0.25, 0.3) is 0 Å². The fourth-order valence-corrected chi connectivity index (χ4v) is 2.03. The molecule has 1 aromatic carbocycles. The van der Waals surface area contributed by atoms with Gasteiger partial charge in [-0.1, -0.05) is 6.07 Å². The third-order valence-electron chi connectivity index (χ3n) is 2.29. The van der Waals surface area contributed by atoms with E-state index in [0.717, 1.165) is 23.4 Å². The molecule has 0 saturated heterocycles. The van der Waals surface area contributed by atoms with Crippen LogP contribution in [0.25, 0.3) is 0 Å². The van der Waals surface area contributed by atoms with E-state index in [1.165, 1.54) is 5.56 Å². The summed E-state index contributed by atoms with van der Waals surface area (Å²) in [5, 5.41) is 0. The Bertz CT molecular complexity index is 349. The molecular formula is C12H17NOS. The van der Waals surface area contributed by atoms with Crippen molar-refractivity contribution in [2.75, 3.05) is 12.0 Å². The van der Waals surface area contributed by atoms with E-state index >= 15 is 0 Å². The van der Waals surface area contributed by atoms with Gasteiger partial charge in [0.15, 0.2) is 0 Å². The highest BCUT2D eigenvalue weighted by Gasteiger charge is 2.01. The lowest BCUT2D eigenvalue weighted by molar-refractivity contribution is -0.117. The fourth-order valence-electron chi connectivity index (χ4n) is 1.45. The zero-order valence-electron chi connectivity index (χ0n) is 9.25. The van der Waals surface area contributed by atoms with Gasteiger partial charge >= 0.3 is 0 Å². The molecule has 3 heteroatoms. The van der Waals surface area contributed by atoms with Gasteiger partial charge in [0.2, 0.25) is 0 Å². The van der Waals surface area contributed by atoms with Crippen LogP contribution in [0.2, 0.25) is 0 Å². The van der Waals surface area contributed by atoms with E-state index in [0.29, 0.717) is 6.42 Å². The standard InChI is InChI=1S/C12H17NOS/c1-9(14)4-3-5-10-6-7-11(13)12(8-10)15-2/h6-8H,3-5,13H2,1-2H3. The van der Waals surface area contributed by atoms with Crippen LogP contribution in [0.4, 0.5) is 5.69 Å². The van der Waals surface area contributed by atoms with Crippen LogP contribution in [-0.2, 0) is 11.2 Å². The first kappa shape index (κ1) is 12.1. The van der Waals surface area contributed by atoms with Gasteiger partial charge in [-0.05, 0) is 43.7 Å². The zero-order chi connectivity index (χ0) is 11.3. The molecule has 1 rings (SSSR count). The van der Waals surface area contributed by atoms with Crippen molar-refractivity contribution >= 4 is 23.2 Å². The van der Waals surface area contributed by atoms with Gasteiger partial charge in [-0.2, -0.15) is 0 Å². The average Bonchev–Trinajstić information content (AvgIpc) is 2.20. The number of benzene rings is 1. The van der Waals surface area contributed by atoms with Gasteiger partial charge in [-0.3, -0.25) is 0 Å². The smallest absolute Gasteiger partial charge is 0.129 e. The minimum absolute atomic E-state index is 0.260. The van der Waals surface area contributed by atoms with E-state index in [1.54, 1.807) is 18.7 Å². The van der Waals surface area contributed by atoms with E-state index in [1.807, 2.05) is 18.4 Å². The summed E-state index contributed by atoms with van der Waals surface area (Å²) in [6.45, 7) is 1.64. The summed E-state index contributed by atoms with van der Waals surface area (Å²) in [6.07, 6.45) is 4.56. The second-order valence-electron chi connectivity index (χ2n) is 3.63. The Morgan fingerprint density at radius 2 is 2.20 bits per heavy atom. The molecule has 0 aliphatic heterocycles. The summed E-state index contributed by atoms with van der Waals surface area (Å²) >= 11 is 1.66. The largest absolute Gasteiger partial charge is 0.398 e. The Morgan fingerprint density at radius 1 is 1.47 bits per heavy atom. The van der Waals surface area contributed by atoms with Crippen LogP contribution in [0.3, 0.4) is 0 Å². The van der Waals surface area contributed by atoms with E-state index < -0.39 is 0 Å². The fraction of sp³-hybridized carbons (Fsp3) is 0.417. The number of thioether (sulfide) groups is 1. The lowest BCUT2D eigenvalue weighted by atomic mass is 10.1. The minimum atomic E-state index is 0.260. The number of rotatable bonds is 5. The van der Waals surface area contributed by atoms with Crippen molar-refractivity contribution in [3.63, 3.8) is 0 Å². The maximum Gasteiger partial charge on any atom is 0.129 e. The molecule has 0 aromatic heterocycles. The van der Waals surface area contributed by atoms with E-state index in [4.69, 9.17) is 5.73 Å². The van der Waals surface area contributed by atoms with Crippen LogP contribution in [0.5, 0.6) is 0 Å². The third-order valence-corrected chi connectivity index (χ3v) is 3.09. The van der Waals surface area contributed by atoms with Crippen molar-refractivity contribution in [1.82, 2.24) is 0 Å². The van der Waals surface area contributed by atoms with Crippen LogP contribution in [0, 0.1) is 0 Å². The highest BCUT2D eigenvalue weighted by atomic mass is 32.2. The Labute approximate surface area is 95.2 Å². The Morgan fingerprint density at radius 3 is 2.80 bits per heavy atom. The van der Waals surface area contributed by atoms with Gasteiger partial charge in [0.05, 0.1) is 0 Å². The minimum Gasteiger partial charge on any atom is -0.398 e. The maximum absolute atomic E-state index is 10.8. The van der Waals surface area contributed by atoms with E-state index in [9.17, 15) is 4.79 Å². The van der Waals surface area contributed by atoms with Crippen molar-refractivity contribution < 1.29 is 4.79 Å². The molecule has 15 heavy (non-hydrogen) atoms. The van der Waals surface area contributed by atoms with Crippen LogP contribution in [0.1, 0.15) is 25.3 Å². The number of hydrogen-bond donors (Lipinski definition) is 1. The summed E-state index contributed by atoms with van der Waals surface area (Å²) in [5.41, 5.74) is 7.89. The molecule has 2 N–H and O–H groups in total. The first-order chi connectivity index (χ1) is 7.13. The molecular weight excluding hydrogens is 206 g/mol. The molecule has 0 saturated carbocycles. The quantitative estimate of drug-likeness (QED) is 0.616. The molecule has 0 fully saturated rings. The first-order valence-corrected chi connectivity index (χ1v) is 6.28. The van der Waals surface area contributed by atoms with Crippen molar-refractivity contribution in [2.45, 2.75) is 31.1 Å². The van der Waals surface area contributed by atoms with Crippen LogP contribution >= 0.6 is 11.8 Å². The van der Waals surface area contributed by atoms with Gasteiger partial charge in [-0.25, -0.2) is 0 Å². The summed E-state index contributed by atoms with van der Waals surface area (Å²) < 4.78 is 0. The van der Waals surface area contributed by atoms with Gasteiger partial charge < -0.3 is 10.5 Å². The molecule has 0 heterocycles. The Balaban J connectivity index is 2.58. The molecule has 0 aliphatic rings. The molecule has 0 aliphatic carbocycles. The molecule has 0 spiro atoms. The molecule has 0 unspecified atom stereocenters. The average molecular weight is 223 g/mol. The first-order valence-electron chi connectivity index (χ1n) is 5.05. The number of aryl methyl sites for hydroxylation is 1. The second-order valence-corrected chi connectivity index (χ2v) is 4.48. The highest BCUT2D eigenvalue weighted by molar-refractivity contribution is 7.98. The van der Waals surface area contributed by atoms with Crippen LogP contribution < -0.4 is 5.73 Å². The number of hydrogen-bond acceptors (Lipinski definition) is 3. The SMILES string of the molecule is CSc1cc(CCCC(C)=O)ccc1N. The molecule has 0 atom stereocenters. The Hall–Kier alpha value is -0.960. The summed E-state index contributed by atoms with van der Waals surface area (Å²) in [5.74, 6) is 0.260. The van der Waals surface area contributed by atoms with E-state index in [2.05, 4.69) is 6.07 Å². The lowest BCUT2D eigenvalue weighted by Gasteiger charge is -2.05. The molecule has 1 aromatic rings. The van der Waals surface area contributed by atoms with Gasteiger partial charge in [-0.15, -0.1) is 11.8 Å². The van der Waals surface area contributed by atoms with Crippen LogP contribution in [0.15, 0.2) is 23.1 Å². The molecule has 0 bridgehead atoms. The van der Waals surface area contributed by atoms with Crippen molar-refractivity contribution in [3.8, 4) is 0 Å². The zero-order valence-corrected chi connectivity index (χ0v) is 10.1. The monoisotopic (exact) mass is 223 g/mol. The van der Waals surface area contributed by atoms with Crippen LogP contribution in [-0.4, -0.2) is 12.0 Å². The molecule has 2 nitrogen and oxygen atoms in total. The highest BCUT2D eigenvalue weighted by Crippen LogP contribution is 2.24. The van der Waals surface area contributed by atoms with Crippen molar-refractivity contribution in [1.29, 1.82) is 0 Å². The molecule has 0 radical (unpaired) electrons. The number of nitrogens with two attached hydrogens (primary N) is 1. The van der Waals surface area contributed by atoms with Gasteiger partial charge in [0.1, 0.15) is 5.78 Å². The van der Waals surface area contributed by atoms with Gasteiger partial charge in [0, 0.05) is 17.0 Å². The summed E-state index contributed by atoms with van der Waals surface area (Å²) in [7, 11) is 0. The number of ketones is 1. The van der Waals surface area contributed by atoms with E-state index in [-0.39, 0.29) is 5.78 Å². The Kier molecular flexibility index (Phi) is 4.69. The van der Waals surface area contributed by atoms with Crippen molar-refractivity contribution in [3.05, 3.63) is 23.8 Å². The lowest BCUT2D eigenvalue weighted by Crippen LogP contribution is -1.94. The topological polar surface area (TPSA) is 43.1 Å². The normalized spacial score (nSPS) is 10.3. The second kappa shape index (κ2) is 5.81. The summed E-state index contributed by atoms with van der Waals surface area (Å²) in [4.78, 5) is 11.9. The predicted molar refractivity (Wildman–Crippen MR) is 66.3 cm³/mol. The third kappa shape index (κ3) is 3.96. The number of anilines is 1. The van der Waals surface area contributed by atoms with Crippen molar-refractivity contribution in [2.24, 2.45) is 0 Å². The number of carbonyl (C=O) groups excluding carboxylic acids is 1. The number of carbonyl (C=O) groups is 1. The predicted octanol–water partition coefficient (Wildman–Crippen LogP) is 2.90. The molecule has 82 valence electrons. The number of Topliss-reactive ketones (excluding diaryl/α,β-unsaturated/α-hetero) is 1.